The lowest BCUT2D eigenvalue weighted by molar-refractivity contribution is 0.232. The van der Waals surface area contributed by atoms with Crippen molar-refractivity contribution < 1.29 is 0 Å². The first-order chi connectivity index (χ1) is 12.4. The Morgan fingerprint density at radius 2 is 1.92 bits per heavy atom. The van der Waals surface area contributed by atoms with Crippen LogP contribution in [0.1, 0.15) is 30.5 Å². The van der Waals surface area contributed by atoms with Crippen LogP contribution in [0.2, 0.25) is 0 Å². The predicted octanol–water partition coefficient (Wildman–Crippen LogP) is 4.20. The summed E-state index contributed by atoms with van der Waals surface area (Å²) in [6.07, 6.45) is 8.50. The van der Waals surface area contributed by atoms with Crippen LogP contribution >= 0.6 is 11.3 Å². The van der Waals surface area contributed by atoms with Crippen molar-refractivity contribution in [2.24, 2.45) is 0 Å². The van der Waals surface area contributed by atoms with Gasteiger partial charge in [0.2, 0.25) is 0 Å². The summed E-state index contributed by atoms with van der Waals surface area (Å²) in [7, 11) is 0. The maximum absolute atomic E-state index is 4.75. The number of aromatic nitrogens is 3. The van der Waals surface area contributed by atoms with E-state index in [0.29, 0.717) is 6.04 Å². The molecule has 25 heavy (non-hydrogen) atoms. The monoisotopic (exact) mass is 350 g/mol. The van der Waals surface area contributed by atoms with Crippen molar-refractivity contribution >= 4 is 11.3 Å². The van der Waals surface area contributed by atoms with Crippen LogP contribution < -0.4 is 0 Å². The molecule has 1 atom stereocenters. The zero-order valence-electron chi connectivity index (χ0n) is 14.2. The Labute approximate surface area is 152 Å². The first-order valence-electron chi connectivity index (χ1n) is 8.88. The van der Waals surface area contributed by atoms with Crippen molar-refractivity contribution in [3.8, 4) is 10.8 Å². The third kappa shape index (κ3) is 4.11. The van der Waals surface area contributed by atoms with Crippen molar-refractivity contribution in [1.29, 1.82) is 0 Å². The molecule has 1 aromatic carbocycles. The third-order valence-corrected chi connectivity index (χ3v) is 5.67. The number of rotatable bonds is 6. The molecule has 0 bridgehead atoms. The number of thiazole rings is 1. The Balaban J connectivity index is 1.37. The van der Waals surface area contributed by atoms with Crippen LogP contribution in [0.5, 0.6) is 0 Å². The van der Waals surface area contributed by atoms with E-state index < -0.39 is 0 Å². The summed E-state index contributed by atoms with van der Waals surface area (Å²) < 4.78 is 0. The summed E-state index contributed by atoms with van der Waals surface area (Å²) in [6, 6.07) is 13.3. The van der Waals surface area contributed by atoms with Crippen LogP contribution in [-0.4, -0.2) is 32.4 Å². The molecule has 1 saturated heterocycles. The molecule has 1 fully saturated rings. The zero-order valence-corrected chi connectivity index (χ0v) is 15.0. The molecule has 5 heteroatoms. The highest BCUT2D eigenvalue weighted by atomic mass is 32.1. The lowest BCUT2D eigenvalue weighted by atomic mass is 10.0. The summed E-state index contributed by atoms with van der Waals surface area (Å²) in [6.45, 7) is 2.11. The standard InChI is InChI=1S/C20H22N4S/c1-2-6-16(7-3-1)9-10-18-8-4-13-24(18)14-17-15-25-20(23-17)19-21-11-5-12-22-19/h1-3,5-7,11-12,15,18H,4,8-10,13-14H2/t18-/m0/s1. The Morgan fingerprint density at radius 1 is 1.08 bits per heavy atom. The van der Waals surface area contributed by atoms with Crippen molar-refractivity contribution in [2.45, 2.75) is 38.3 Å². The number of hydrogen-bond acceptors (Lipinski definition) is 5. The van der Waals surface area contributed by atoms with Gasteiger partial charge < -0.3 is 0 Å². The minimum absolute atomic E-state index is 0.665. The van der Waals surface area contributed by atoms with E-state index >= 15 is 0 Å². The largest absolute Gasteiger partial charge is 0.295 e. The fraction of sp³-hybridized carbons (Fsp3) is 0.350. The van der Waals surface area contributed by atoms with E-state index in [-0.39, 0.29) is 0 Å². The van der Waals surface area contributed by atoms with E-state index in [0.717, 1.165) is 29.5 Å². The maximum Gasteiger partial charge on any atom is 0.188 e. The maximum atomic E-state index is 4.75. The smallest absolute Gasteiger partial charge is 0.188 e. The first-order valence-corrected chi connectivity index (χ1v) is 9.76. The second kappa shape index (κ2) is 7.85. The summed E-state index contributed by atoms with van der Waals surface area (Å²) in [4.78, 5) is 15.9. The normalized spacial score (nSPS) is 17.8. The molecular weight excluding hydrogens is 328 g/mol. The van der Waals surface area contributed by atoms with Gasteiger partial charge in [-0.15, -0.1) is 11.3 Å². The minimum atomic E-state index is 0.665. The van der Waals surface area contributed by atoms with Crippen LogP contribution in [0.25, 0.3) is 10.8 Å². The molecule has 2 aromatic heterocycles. The highest BCUT2D eigenvalue weighted by molar-refractivity contribution is 7.13. The van der Waals surface area contributed by atoms with Crippen LogP contribution in [0.4, 0.5) is 0 Å². The Hall–Kier alpha value is -2.11. The molecule has 0 saturated carbocycles. The Bertz CT molecular complexity index is 788. The predicted molar refractivity (Wildman–Crippen MR) is 101 cm³/mol. The molecule has 0 radical (unpaired) electrons. The van der Waals surface area contributed by atoms with Gasteiger partial charge in [0.25, 0.3) is 0 Å². The number of nitrogens with zero attached hydrogens (tertiary/aromatic N) is 4. The molecule has 3 aromatic rings. The summed E-state index contributed by atoms with van der Waals surface area (Å²) in [5, 5.41) is 3.06. The molecule has 0 amide bonds. The molecule has 4 rings (SSSR count). The van der Waals surface area contributed by atoms with Gasteiger partial charge in [-0.05, 0) is 43.9 Å². The number of aryl methyl sites for hydroxylation is 1. The van der Waals surface area contributed by atoms with Crippen molar-refractivity contribution in [1.82, 2.24) is 19.9 Å². The van der Waals surface area contributed by atoms with Crippen LogP contribution in [-0.2, 0) is 13.0 Å². The van der Waals surface area contributed by atoms with Crippen molar-refractivity contribution in [2.75, 3.05) is 6.54 Å². The molecule has 0 unspecified atom stereocenters. The molecule has 128 valence electrons. The van der Waals surface area contributed by atoms with Crippen molar-refractivity contribution in [3.63, 3.8) is 0 Å². The van der Waals surface area contributed by atoms with E-state index in [4.69, 9.17) is 4.98 Å². The average molecular weight is 350 g/mol. The highest BCUT2D eigenvalue weighted by Crippen LogP contribution is 2.26. The summed E-state index contributed by atoms with van der Waals surface area (Å²) in [5.74, 6) is 0.723. The van der Waals surface area contributed by atoms with Gasteiger partial charge in [0.15, 0.2) is 10.8 Å². The quantitative estimate of drug-likeness (QED) is 0.668. The van der Waals surface area contributed by atoms with Gasteiger partial charge in [0.1, 0.15) is 0 Å². The number of hydrogen-bond donors (Lipinski definition) is 0. The number of benzene rings is 1. The summed E-state index contributed by atoms with van der Waals surface area (Å²) in [5.41, 5.74) is 2.57. The molecule has 4 nitrogen and oxygen atoms in total. The van der Waals surface area contributed by atoms with E-state index in [2.05, 4.69) is 50.6 Å². The molecular formula is C20H22N4S. The van der Waals surface area contributed by atoms with Gasteiger partial charge in [0, 0.05) is 30.4 Å². The van der Waals surface area contributed by atoms with Gasteiger partial charge in [-0.2, -0.15) is 0 Å². The molecule has 0 spiro atoms. The third-order valence-electron chi connectivity index (χ3n) is 4.78. The molecule has 3 heterocycles. The first kappa shape index (κ1) is 16.4. The van der Waals surface area contributed by atoms with Gasteiger partial charge in [0.05, 0.1) is 5.69 Å². The lowest BCUT2D eigenvalue weighted by Crippen LogP contribution is -2.29. The Kier molecular flexibility index (Phi) is 5.14. The van der Waals surface area contributed by atoms with Crippen molar-refractivity contribution in [3.05, 3.63) is 65.4 Å². The highest BCUT2D eigenvalue weighted by Gasteiger charge is 2.25. The van der Waals surface area contributed by atoms with Gasteiger partial charge in [-0.1, -0.05) is 30.3 Å². The molecule has 0 aliphatic carbocycles. The Morgan fingerprint density at radius 3 is 2.76 bits per heavy atom. The molecule has 0 N–H and O–H groups in total. The van der Waals surface area contributed by atoms with Crippen LogP contribution in [0, 0.1) is 0 Å². The summed E-state index contributed by atoms with van der Waals surface area (Å²) >= 11 is 1.63. The minimum Gasteiger partial charge on any atom is -0.295 e. The second-order valence-corrected chi connectivity index (χ2v) is 7.37. The van der Waals surface area contributed by atoms with Gasteiger partial charge >= 0.3 is 0 Å². The number of likely N-dealkylation sites (tertiary alicyclic amines) is 1. The SMILES string of the molecule is c1ccc(CC[C@@H]2CCCN2Cc2csc(-c3ncccn3)n2)cc1. The van der Waals surface area contributed by atoms with Crippen LogP contribution in [0.15, 0.2) is 54.2 Å². The average Bonchev–Trinajstić information content (AvgIpc) is 3.32. The van der Waals surface area contributed by atoms with E-state index in [1.165, 1.54) is 31.4 Å². The van der Waals surface area contributed by atoms with E-state index in [1.807, 2.05) is 6.07 Å². The van der Waals surface area contributed by atoms with Gasteiger partial charge in [-0.3, -0.25) is 4.90 Å². The van der Waals surface area contributed by atoms with E-state index in [1.54, 1.807) is 23.7 Å². The molecule has 1 aliphatic rings. The van der Waals surface area contributed by atoms with E-state index in [9.17, 15) is 0 Å². The molecule has 1 aliphatic heterocycles. The van der Waals surface area contributed by atoms with Crippen LogP contribution in [0.3, 0.4) is 0 Å². The zero-order chi connectivity index (χ0) is 16.9. The fourth-order valence-corrected chi connectivity index (χ4v) is 4.26. The lowest BCUT2D eigenvalue weighted by Gasteiger charge is -2.23. The van der Waals surface area contributed by atoms with Gasteiger partial charge in [-0.25, -0.2) is 15.0 Å². The topological polar surface area (TPSA) is 41.9 Å². The second-order valence-electron chi connectivity index (χ2n) is 6.51. The fourth-order valence-electron chi connectivity index (χ4n) is 3.51.